The summed E-state index contributed by atoms with van der Waals surface area (Å²) in [5.74, 6) is -0.826. The molecule has 0 aliphatic rings. The quantitative estimate of drug-likeness (QED) is 0.815. The lowest BCUT2D eigenvalue weighted by atomic mass is 10.3. The van der Waals surface area contributed by atoms with Gasteiger partial charge in [0.25, 0.3) is 0 Å². The Labute approximate surface area is 109 Å². The number of hydrogen-bond acceptors (Lipinski definition) is 5. The molecule has 1 rings (SSSR count). The third-order valence-corrected chi connectivity index (χ3v) is 4.68. The molecule has 1 atom stereocenters. The number of nitrogens with zero attached hydrogens (tertiary/aromatic N) is 1. The van der Waals surface area contributed by atoms with Gasteiger partial charge in [-0.1, -0.05) is 0 Å². The van der Waals surface area contributed by atoms with Crippen LogP contribution in [-0.2, 0) is 13.6 Å². The molecule has 2 N–H and O–H groups in total. The van der Waals surface area contributed by atoms with Gasteiger partial charge in [0.15, 0.2) is 0 Å². The molecule has 5 nitrogen and oxygen atoms in total. The van der Waals surface area contributed by atoms with Crippen LogP contribution in [0, 0.1) is 0 Å². The van der Waals surface area contributed by atoms with Crippen LogP contribution in [0.4, 0.5) is 0 Å². The summed E-state index contributed by atoms with van der Waals surface area (Å²) in [7, 11) is -3.34. The highest BCUT2D eigenvalue weighted by atomic mass is 79.9. The van der Waals surface area contributed by atoms with E-state index in [1.807, 2.05) is 0 Å². The van der Waals surface area contributed by atoms with Gasteiger partial charge in [-0.15, -0.1) is 0 Å². The molecule has 0 aliphatic carbocycles. The first-order valence-electron chi connectivity index (χ1n) is 5.28. The van der Waals surface area contributed by atoms with Gasteiger partial charge in [-0.25, -0.2) is 0 Å². The fourth-order valence-electron chi connectivity index (χ4n) is 1.33. The highest BCUT2D eigenvalue weighted by Gasteiger charge is 2.34. The zero-order valence-corrected chi connectivity index (χ0v) is 12.3. The average Bonchev–Trinajstić information content (AvgIpc) is 2.28. The maximum atomic E-state index is 12.4. The summed E-state index contributed by atoms with van der Waals surface area (Å²) in [6.45, 7) is 4.06. The molecular weight excluding hydrogens is 307 g/mol. The number of rotatable bonds is 6. The predicted molar refractivity (Wildman–Crippen MR) is 69.7 cm³/mol. The lowest BCUT2D eigenvalue weighted by Crippen LogP contribution is -2.15. The van der Waals surface area contributed by atoms with Crippen molar-refractivity contribution in [2.75, 3.05) is 13.2 Å². The molecule has 0 bridgehead atoms. The number of nitrogens with two attached hydrogens (primary N) is 1. The Morgan fingerprint density at radius 2 is 2.00 bits per heavy atom. The number of halogens is 1. The second kappa shape index (κ2) is 6.61. The van der Waals surface area contributed by atoms with E-state index in [0.717, 1.165) is 4.47 Å². The zero-order chi connectivity index (χ0) is 12.9. The summed E-state index contributed by atoms with van der Waals surface area (Å²) >= 11 is 3.29. The first kappa shape index (κ1) is 14.8. The predicted octanol–water partition coefficient (Wildman–Crippen LogP) is 3.07. The zero-order valence-electron chi connectivity index (χ0n) is 9.80. The van der Waals surface area contributed by atoms with Gasteiger partial charge < -0.3 is 14.8 Å². The van der Waals surface area contributed by atoms with Gasteiger partial charge in [0, 0.05) is 22.4 Å². The summed E-state index contributed by atoms with van der Waals surface area (Å²) in [6.07, 6.45) is 3.18. The Balaban J connectivity index is 2.99. The van der Waals surface area contributed by atoms with Crippen molar-refractivity contribution in [1.82, 2.24) is 4.98 Å². The molecule has 1 aromatic rings. The van der Waals surface area contributed by atoms with Crippen molar-refractivity contribution in [1.29, 1.82) is 0 Å². The van der Waals surface area contributed by atoms with Gasteiger partial charge in [-0.3, -0.25) is 9.55 Å². The van der Waals surface area contributed by atoms with Gasteiger partial charge in [0.1, 0.15) is 5.78 Å². The molecule has 0 unspecified atom stereocenters. The summed E-state index contributed by atoms with van der Waals surface area (Å²) in [5.41, 5.74) is 6.56. The maximum Gasteiger partial charge on any atom is 0.351 e. The van der Waals surface area contributed by atoms with E-state index >= 15 is 0 Å². The largest absolute Gasteiger partial charge is 0.351 e. The van der Waals surface area contributed by atoms with E-state index in [4.69, 9.17) is 14.8 Å². The van der Waals surface area contributed by atoms with Crippen molar-refractivity contribution >= 4 is 23.5 Å². The fraction of sp³-hybridized carbons (Fsp3) is 0.500. The molecule has 0 fully saturated rings. The van der Waals surface area contributed by atoms with Gasteiger partial charge in [-0.05, 0) is 35.8 Å². The molecule has 0 saturated carbocycles. The van der Waals surface area contributed by atoms with Gasteiger partial charge in [0.05, 0.1) is 13.2 Å². The van der Waals surface area contributed by atoms with Gasteiger partial charge in [-0.2, -0.15) is 0 Å². The van der Waals surface area contributed by atoms with Crippen molar-refractivity contribution in [3.05, 3.63) is 28.5 Å². The topological polar surface area (TPSA) is 74.4 Å². The van der Waals surface area contributed by atoms with E-state index < -0.39 is 13.4 Å². The monoisotopic (exact) mass is 322 g/mol. The second-order valence-electron chi connectivity index (χ2n) is 3.26. The highest BCUT2D eigenvalue weighted by molar-refractivity contribution is 9.10. The van der Waals surface area contributed by atoms with Crippen LogP contribution in [0.25, 0.3) is 0 Å². The third kappa shape index (κ3) is 3.86. The van der Waals surface area contributed by atoms with E-state index in [1.165, 1.54) is 0 Å². The third-order valence-electron chi connectivity index (χ3n) is 2.03. The van der Waals surface area contributed by atoms with Crippen LogP contribution in [-0.4, -0.2) is 18.2 Å². The van der Waals surface area contributed by atoms with Crippen molar-refractivity contribution in [2.24, 2.45) is 5.73 Å². The van der Waals surface area contributed by atoms with Crippen LogP contribution >= 0.6 is 23.5 Å². The summed E-state index contributed by atoms with van der Waals surface area (Å²) in [6, 6.07) is 1.75. The number of aromatic nitrogens is 1. The molecule has 1 aromatic heterocycles. The summed E-state index contributed by atoms with van der Waals surface area (Å²) in [5, 5.41) is 0. The minimum atomic E-state index is -3.34. The molecule has 0 aliphatic heterocycles. The van der Waals surface area contributed by atoms with Gasteiger partial charge >= 0.3 is 7.60 Å². The van der Waals surface area contributed by atoms with Crippen molar-refractivity contribution < 1.29 is 13.6 Å². The smallest absolute Gasteiger partial charge is 0.314 e. The minimum Gasteiger partial charge on any atom is -0.314 e. The van der Waals surface area contributed by atoms with Crippen LogP contribution in [0.2, 0.25) is 0 Å². The average molecular weight is 323 g/mol. The normalized spacial score (nSPS) is 13.6. The van der Waals surface area contributed by atoms with Crippen LogP contribution in [0.15, 0.2) is 22.9 Å². The van der Waals surface area contributed by atoms with E-state index in [-0.39, 0.29) is 13.2 Å². The lowest BCUT2D eigenvalue weighted by molar-refractivity contribution is 0.212. The first-order valence-corrected chi connectivity index (χ1v) is 7.68. The molecule has 0 spiro atoms. The Bertz CT molecular complexity index is 406. The van der Waals surface area contributed by atoms with E-state index in [1.54, 1.807) is 32.3 Å². The summed E-state index contributed by atoms with van der Waals surface area (Å²) < 4.78 is 23.6. The number of hydrogen-bond donors (Lipinski definition) is 1. The van der Waals surface area contributed by atoms with Crippen molar-refractivity contribution in [2.45, 2.75) is 19.6 Å². The van der Waals surface area contributed by atoms with Crippen LogP contribution < -0.4 is 5.73 Å². The summed E-state index contributed by atoms with van der Waals surface area (Å²) in [4.78, 5) is 3.98. The molecule has 0 saturated heterocycles. The fourth-order valence-corrected chi connectivity index (χ4v) is 3.33. The Morgan fingerprint density at radius 1 is 1.41 bits per heavy atom. The van der Waals surface area contributed by atoms with Crippen molar-refractivity contribution in [3.63, 3.8) is 0 Å². The van der Waals surface area contributed by atoms with E-state index in [0.29, 0.717) is 5.56 Å². The number of pyridine rings is 1. The van der Waals surface area contributed by atoms with E-state index in [9.17, 15) is 4.57 Å². The van der Waals surface area contributed by atoms with Crippen LogP contribution in [0.1, 0.15) is 25.2 Å². The minimum absolute atomic E-state index is 0.284. The molecule has 0 radical (unpaired) electrons. The molecule has 17 heavy (non-hydrogen) atoms. The Morgan fingerprint density at radius 3 is 2.47 bits per heavy atom. The molecule has 0 amide bonds. The molecule has 1 heterocycles. The standard InChI is InChI=1S/C10H16BrN2O3P/c1-3-15-17(14,16-4-2)10(12)8-5-9(11)7-13-6-8/h5-7,10H,3-4,12H2,1-2H3/t10-/m0/s1. The van der Waals surface area contributed by atoms with Crippen LogP contribution in [0.5, 0.6) is 0 Å². The highest BCUT2D eigenvalue weighted by Crippen LogP contribution is 2.58. The van der Waals surface area contributed by atoms with Gasteiger partial charge in [0.2, 0.25) is 0 Å². The lowest BCUT2D eigenvalue weighted by Gasteiger charge is -2.23. The maximum absolute atomic E-state index is 12.4. The molecule has 96 valence electrons. The SMILES string of the molecule is CCOP(=O)(OCC)[C@H](N)c1cncc(Br)c1. The molecule has 0 aromatic carbocycles. The second-order valence-corrected chi connectivity index (χ2v) is 6.32. The molecule has 7 heteroatoms. The van der Waals surface area contributed by atoms with Crippen molar-refractivity contribution in [3.8, 4) is 0 Å². The molecular formula is C10H16BrN2O3P. The Hall–Kier alpha value is -0.260. The van der Waals surface area contributed by atoms with Crippen LogP contribution in [0.3, 0.4) is 0 Å². The van der Waals surface area contributed by atoms with E-state index in [2.05, 4.69) is 20.9 Å². The Kier molecular flexibility index (Phi) is 5.76. The first-order chi connectivity index (χ1) is 8.03.